The van der Waals surface area contributed by atoms with E-state index in [4.69, 9.17) is 9.47 Å². The van der Waals surface area contributed by atoms with E-state index in [0.29, 0.717) is 31.9 Å². The van der Waals surface area contributed by atoms with Gasteiger partial charge in [0.1, 0.15) is 0 Å². The quantitative estimate of drug-likeness (QED) is 0.614. The molecule has 2 aliphatic heterocycles. The van der Waals surface area contributed by atoms with E-state index < -0.39 is 17.5 Å². The Kier molecular flexibility index (Phi) is 5.22. The molecular formula is C21H29NO4. The molecule has 2 aliphatic rings. The Hall–Kier alpha value is -1.72. The van der Waals surface area contributed by atoms with Crippen molar-refractivity contribution in [1.82, 2.24) is 4.90 Å². The summed E-state index contributed by atoms with van der Waals surface area (Å²) in [4.78, 5) is 26.8. The van der Waals surface area contributed by atoms with Crippen molar-refractivity contribution in [2.24, 2.45) is 5.92 Å². The van der Waals surface area contributed by atoms with Crippen LogP contribution in [0, 0.1) is 5.92 Å². The van der Waals surface area contributed by atoms with Gasteiger partial charge in [0.15, 0.2) is 5.79 Å². The molecule has 26 heavy (non-hydrogen) atoms. The Labute approximate surface area is 155 Å². The van der Waals surface area contributed by atoms with E-state index in [0.717, 1.165) is 18.4 Å². The zero-order chi connectivity index (χ0) is 18.9. The van der Waals surface area contributed by atoms with Crippen LogP contribution in [-0.2, 0) is 19.7 Å². The lowest BCUT2D eigenvalue weighted by molar-refractivity contribution is -0.191. The van der Waals surface area contributed by atoms with Crippen LogP contribution < -0.4 is 0 Å². The van der Waals surface area contributed by atoms with Gasteiger partial charge in [-0.2, -0.15) is 0 Å². The van der Waals surface area contributed by atoms with Crippen molar-refractivity contribution in [2.75, 3.05) is 26.3 Å². The standard InChI is InChI=1S/C21H29NO4/c1-20(2,3)16-7-5-15(6-8-16)18(23)19(24)22-11-9-17(10-12-22)21(4)25-13-14-26-21/h5-8,17H,9-14H2,1-4H3. The van der Waals surface area contributed by atoms with Crippen LogP contribution in [0.1, 0.15) is 56.5 Å². The number of carbonyl (C=O) groups excluding carboxylic acids is 2. The number of likely N-dealkylation sites (tertiary alicyclic amines) is 1. The lowest BCUT2D eigenvalue weighted by Crippen LogP contribution is -2.47. The van der Waals surface area contributed by atoms with Gasteiger partial charge in [-0.3, -0.25) is 9.59 Å². The molecule has 2 saturated heterocycles. The summed E-state index contributed by atoms with van der Waals surface area (Å²) in [5.74, 6) is -1.12. The average molecular weight is 359 g/mol. The van der Waals surface area contributed by atoms with Gasteiger partial charge >= 0.3 is 0 Å². The maximum absolute atomic E-state index is 12.6. The number of hydrogen-bond donors (Lipinski definition) is 0. The van der Waals surface area contributed by atoms with E-state index in [-0.39, 0.29) is 11.3 Å². The minimum atomic E-state index is -0.540. The van der Waals surface area contributed by atoms with Gasteiger partial charge in [0.05, 0.1) is 13.2 Å². The van der Waals surface area contributed by atoms with Crippen LogP contribution in [0.4, 0.5) is 0 Å². The second-order valence-corrected chi connectivity index (χ2v) is 8.44. The second kappa shape index (κ2) is 7.12. The first-order valence-electron chi connectivity index (χ1n) is 9.43. The molecule has 142 valence electrons. The highest BCUT2D eigenvalue weighted by molar-refractivity contribution is 6.42. The molecule has 2 heterocycles. The number of Topliss-reactive ketones (excluding diaryl/α,β-unsaturated/α-hetero) is 1. The predicted octanol–water partition coefficient (Wildman–Crippen LogP) is 3.17. The number of nitrogens with zero attached hydrogens (tertiary/aromatic N) is 1. The van der Waals surface area contributed by atoms with E-state index in [9.17, 15) is 9.59 Å². The molecule has 1 amide bonds. The highest BCUT2D eigenvalue weighted by Gasteiger charge is 2.42. The molecule has 0 radical (unpaired) electrons. The topological polar surface area (TPSA) is 55.8 Å². The first-order valence-corrected chi connectivity index (χ1v) is 9.43. The number of amides is 1. The predicted molar refractivity (Wildman–Crippen MR) is 99.1 cm³/mol. The minimum absolute atomic E-state index is 0.0218. The molecule has 0 saturated carbocycles. The summed E-state index contributed by atoms with van der Waals surface area (Å²) in [7, 11) is 0. The SMILES string of the molecule is CC(C)(C)c1ccc(C(=O)C(=O)N2CCC(C3(C)OCCO3)CC2)cc1. The summed E-state index contributed by atoms with van der Waals surface area (Å²) in [5.41, 5.74) is 1.63. The maximum Gasteiger partial charge on any atom is 0.294 e. The Morgan fingerprint density at radius 2 is 1.58 bits per heavy atom. The molecule has 3 rings (SSSR count). The molecule has 0 atom stereocenters. The molecule has 0 aliphatic carbocycles. The fourth-order valence-electron chi connectivity index (χ4n) is 3.76. The molecule has 0 aromatic heterocycles. The molecule has 1 aromatic carbocycles. The van der Waals surface area contributed by atoms with Crippen molar-refractivity contribution < 1.29 is 19.1 Å². The highest BCUT2D eigenvalue weighted by Crippen LogP contribution is 2.35. The van der Waals surface area contributed by atoms with Gasteiger partial charge in [-0.1, -0.05) is 45.0 Å². The van der Waals surface area contributed by atoms with Gasteiger partial charge in [-0.25, -0.2) is 0 Å². The fourth-order valence-corrected chi connectivity index (χ4v) is 3.76. The monoisotopic (exact) mass is 359 g/mol. The zero-order valence-electron chi connectivity index (χ0n) is 16.2. The van der Waals surface area contributed by atoms with E-state index in [1.54, 1.807) is 17.0 Å². The number of ether oxygens (including phenoxy) is 2. The molecule has 5 nitrogen and oxygen atoms in total. The third-order valence-corrected chi connectivity index (χ3v) is 5.59. The normalized spacial score (nSPS) is 21.0. The number of hydrogen-bond acceptors (Lipinski definition) is 4. The van der Waals surface area contributed by atoms with E-state index >= 15 is 0 Å². The summed E-state index contributed by atoms with van der Waals surface area (Å²) in [6, 6.07) is 7.38. The van der Waals surface area contributed by atoms with Crippen LogP contribution in [-0.4, -0.2) is 48.7 Å². The summed E-state index contributed by atoms with van der Waals surface area (Å²) in [5, 5.41) is 0. The minimum Gasteiger partial charge on any atom is -0.348 e. The van der Waals surface area contributed by atoms with Crippen molar-refractivity contribution in [3.63, 3.8) is 0 Å². The number of rotatable bonds is 3. The third kappa shape index (κ3) is 3.84. The smallest absolute Gasteiger partial charge is 0.294 e. The molecular weight excluding hydrogens is 330 g/mol. The van der Waals surface area contributed by atoms with Crippen LogP contribution in [0.2, 0.25) is 0 Å². The third-order valence-electron chi connectivity index (χ3n) is 5.59. The van der Waals surface area contributed by atoms with E-state index in [1.807, 2.05) is 19.1 Å². The summed E-state index contributed by atoms with van der Waals surface area (Å²) in [6.45, 7) is 10.7. The zero-order valence-corrected chi connectivity index (χ0v) is 16.2. The lowest BCUT2D eigenvalue weighted by Gasteiger charge is -2.38. The molecule has 0 unspecified atom stereocenters. The van der Waals surface area contributed by atoms with Gasteiger partial charge in [0, 0.05) is 24.6 Å². The molecule has 2 fully saturated rings. The van der Waals surface area contributed by atoms with Crippen LogP contribution in [0.25, 0.3) is 0 Å². The van der Waals surface area contributed by atoms with Crippen LogP contribution in [0.15, 0.2) is 24.3 Å². The Bertz CT molecular complexity index is 660. The van der Waals surface area contributed by atoms with Crippen molar-refractivity contribution >= 4 is 11.7 Å². The number of benzene rings is 1. The Balaban J connectivity index is 1.60. The number of piperidine rings is 1. The molecule has 0 spiro atoms. The number of carbonyl (C=O) groups is 2. The molecule has 1 aromatic rings. The van der Waals surface area contributed by atoms with Gasteiger partial charge in [-0.05, 0) is 30.7 Å². The van der Waals surface area contributed by atoms with Gasteiger partial charge in [-0.15, -0.1) is 0 Å². The van der Waals surface area contributed by atoms with E-state index in [1.165, 1.54) is 0 Å². The second-order valence-electron chi connectivity index (χ2n) is 8.44. The summed E-state index contributed by atoms with van der Waals surface area (Å²) >= 11 is 0. The molecule has 0 bridgehead atoms. The largest absolute Gasteiger partial charge is 0.348 e. The molecule has 0 N–H and O–H groups in total. The van der Waals surface area contributed by atoms with Gasteiger partial charge < -0.3 is 14.4 Å². The summed E-state index contributed by atoms with van der Waals surface area (Å²) in [6.07, 6.45) is 1.58. The number of ketones is 1. The fraction of sp³-hybridized carbons (Fsp3) is 0.619. The van der Waals surface area contributed by atoms with Gasteiger partial charge in [0.2, 0.25) is 5.78 Å². The Morgan fingerprint density at radius 3 is 2.08 bits per heavy atom. The van der Waals surface area contributed by atoms with Gasteiger partial charge in [0.25, 0.3) is 5.91 Å². The first kappa shape index (κ1) is 19.1. The van der Waals surface area contributed by atoms with E-state index in [2.05, 4.69) is 20.8 Å². The van der Waals surface area contributed by atoms with Crippen LogP contribution >= 0.6 is 0 Å². The van der Waals surface area contributed by atoms with Crippen molar-refractivity contribution in [1.29, 1.82) is 0 Å². The summed E-state index contributed by atoms with van der Waals surface area (Å²) < 4.78 is 11.5. The van der Waals surface area contributed by atoms with Crippen molar-refractivity contribution in [3.8, 4) is 0 Å². The Morgan fingerprint density at radius 1 is 1.04 bits per heavy atom. The van der Waals surface area contributed by atoms with Crippen molar-refractivity contribution in [3.05, 3.63) is 35.4 Å². The van der Waals surface area contributed by atoms with Crippen LogP contribution in [0.5, 0.6) is 0 Å². The average Bonchev–Trinajstić information content (AvgIpc) is 3.08. The maximum atomic E-state index is 12.6. The first-order chi connectivity index (χ1) is 12.2. The highest BCUT2D eigenvalue weighted by atomic mass is 16.7. The molecule has 5 heteroatoms. The van der Waals surface area contributed by atoms with Crippen molar-refractivity contribution in [2.45, 2.75) is 51.7 Å². The van der Waals surface area contributed by atoms with Crippen LogP contribution in [0.3, 0.4) is 0 Å². The lowest BCUT2D eigenvalue weighted by atomic mass is 9.86.